The minimum Gasteiger partial charge on any atom is -0.383 e. The molecule has 4 aromatic rings. The Labute approximate surface area is 185 Å². The fourth-order valence-corrected chi connectivity index (χ4v) is 4.71. The number of hydrogen-bond donors (Lipinski definition) is 2. The maximum absolute atomic E-state index is 12.7. The number of carbonyl (C=O) groups excluding carboxylic acids is 1. The van der Waals surface area contributed by atoms with E-state index in [1.165, 1.54) is 6.33 Å². The SMILES string of the molecule is Nc1ncnc2c1c(-c1ccc3c(C(=O)NC4CC4)cccc3c1)cn2C1CCOCC1. The fourth-order valence-electron chi connectivity index (χ4n) is 4.71. The average molecular weight is 428 g/mol. The zero-order chi connectivity index (χ0) is 21.7. The summed E-state index contributed by atoms with van der Waals surface area (Å²) in [4.78, 5) is 21.5. The lowest BCUT2D eigenvalue weighted by Crippen LogP contribution is -2.25. The van der Waals surface area contributed by atoms with Crippen molar-refractivity contribution in [1.82, 2.24) is 19.9 Å². The Morgan fingerprint density at radius 1 is 1.09 bits per heavy atom. The molecule has 32 heavy (non-hydrogen) atoms. The minimum atomic E-state index is -0.000357. The first kappa shape index (κ1) is 19.3. The first-order valence-electron chi connectivity index (χ1n) is 11.2. The topological polar surface area (TPSA) is 95.1 Å². The molecule has 0 bridgehead atoms. The molecule has 1 amide bonds. The van der Waals surface area contributed by atoms with E-state index in [-0.39, 0.29) is 5.91 Å². The average Bonchev–Trinajstić information content (AvgIpc) is 3.55. The Morgan fingerprint density at radius 2 is 1.94 bits per heavy atom. The molecule has 2 fully saturated rings. The summed E-state index contributed by atoms with van der Waals surface area (Å²) in [5.74, 6) is 0.480. The van der Waals surface area contributed by atoms with Crippen LogP contribution in [0.1, 0.15) is 42.1 Å². The van der Waals surface area contributed by atoms with Crippen molar-refractivity contribution < 1.29 is 9.53 Å². The van der Waals surface area contributed by atoms with Crippen LogP contribution in [0.3, 0.4) is 0 Å². The summed E-state index contributed by atoms with van der Waals surface area (Å²) >= 11 is 0. The summed E-state index contributed by atoms with van der Waals surface area (Å²) in [5.41, 5.74) is 9.95. The van der Waals surface area contributed by atoms with E-state index in [0.717, 1.165) is 71.8 Å². The van der Waals surface area contributed by atoms with E-state index in [2.05, 4.69) is 38.2 Å². The second kappa shape index (κ2) is 7.60. The first-order valence-corrected chi connectivity index (χ1v) is 11.2. The van der Waals surface area contributed by atoms with Crippen LogP contribution >= 0.6 is 0 Å². The molecule has 1 saturated heterocycles. The molecular weight excluding hydrogens is 402 g/mol. The Hall–Kier alpha value is -3.45. The van der Waals surface area contributed by atoms with Crippen LogP contribution in [0.25, 0.3) is 32.9 Å². The molecule has 7 heteroatoms. The molecule has 2 aromatic carbocycles. The normalized spacial score (nSPS) is 17.1. The second-order valence-electron chi connectivity index (χ2n) is 8.74. The Balaban J connectivity index is 1.47. The van der Waals surface area contributed by atoms with E-state index in [1.807, 2.05) is 24.3 Å². The van der Waals surface area contributed by atoms with E-state index >= 15 is 0 Å². The predicted molar refractivity (Wildman–Crippen MR) is 124 cm³/mol. The molecule has 0 radical (unpaired) electrons. The van der Waals surface area contributed by atoms with Gasteiger partial charge < -0.3 is 20.4 Å². The number of fused-ring (bicyclic) bond motifs is 2. The molecule has 0 atom stereocenters. The highest BCUT2D eigenvalue weighted by Gasteiger charge is 2.25. The molecule has 3 heterocycles. The second-order valence-corrected chi connectivity index (χ2v) is 8.74. The lowest BCUT2D eigenvalue weighted by Gasteiger charge is -2.24. The van der Waals surface area contributed by atoms with Crippen LogP contribution in [0.15, 0.2) is 48.9 Å². The van der Waals surface area contributed by atoms with Gasteiger partial charge in [-0.25, -0.2) is 9.97 Å². The number of carbonyl (C=O) groups is 1. The maximum atomic E-state index is 12.7. The third kappa shape index (κ3) is 3.29. The molecule has 6 rings (SSSR count). The summed E-state index contributed by atoms with van der Waals surface area (Å²) in [5, 5.41) is 5.94. The van der Waals surface area contributed by atoms with Crippen LogP contribution in [0.4, 0.5) is 5.82 Å². The molecular formula is C25H25N5O2. The summed E-state index contributed by atoms with van der Waals surface area (Å²) in [7, 11) is 0. The van der Waals surface area contributed by atoms with Crippen molar-refractivity contribution in [2.24, 2.45) is 0 Å². The van der Waals surface area contributed by atoms with E-state index in [0.29, 0.717) is 23.5 Å². The number of hydrogen-bond acceptors (Lipinski definition) is 5. The number of nitrogens with two attached hydrogens (primary N) is 1. The first-order chi connectivity index (χ1) is 15.7. The maximum Gasteiger partial charge on any atom is 0.252 e. The Kier molecular flexibility index (Phi) is 4.57. The summed E-state index contributed by atoms with van der Waals surface area (Å²) in [6.45, 7) is 1.50. The van der Waals surface area contributed by atoms with Crippen molar-refractivity contribution in [2.45, 2.75) is 37.8 Å². The predicted octanol–water partition coefficient (Wildman–Crippen LogP) is 4.08. The third-order valence-electron chi connectivity index (χ3n) is 6.57. The van der Waals surface area contributed by atoms with Crippen LogP contribution in [0, 0.1) is 0 Å². The van der Waals surface area contributed by atoms with E-state index in [4.69, 9.17) is 10.5 Å². The number of anilines is 1. The Morgan fingerprint density at radius 3 is 2.75 bits per heavy atom. The van der Waals surface area contributed by atoms with Crippen LogP contribution in [-0.4, -0.2) is 39.7 Å². The molecule has 0 unspecified atom stereocenters. The molecule has 1 saturated carbocycles. The summed E-state index contributed by atoms with van der Waals surface area (Å²) in [6, 6.07) is 12.8. The summed E-state index contributed by atoms with van der Waals surface area (Å²) < 4.78 is 7.78. The Bertz CT molecular complexity index is 1340. The van der Waals surface area contributed by atoms with E-state index in [1.54, 1.807) is 0 Å². The molecule has 1 aliphatic heterocycles. The smallest absolute Gasteiger partial charge is 0.252 e. The number of rotatable bonds is 4. The number of nitrogen functional groups attached to an aromatic ring is 1. The molecule has 0 spiro atoms. The molecule has 162 valence electrons. The zero-order valence-electron chi connectivity index (χ0n) is 17.8. The highest BCUT2D eigenvalue weighted by Crippen LogP contribution is 2.37. The zero-order valence-corrected chi connectivity index (χ0v) is 17.8. The van der Waals surface area contributed by atoms with Gasteiger partial charge in [0.1, 0.15) is 17.8 Å². The van der Waals surface area contributed by atoms with Crippen molar-refractivity contribution in [3.63, 3.8) is 0 Å². The number of ether oxygens (including phenoxy) is 1. The van der Waals surface area contributed by atoms with Crippen LogP contribution in [0.5, 0.6) is 0 Å². The number of aromatic nitrogens is 3. The van der Waals surface area contributed by atoms with Gasteiger partial charge in [0, 0.05) is 42.6 Å². The van der Waals surface area contributed by atoms with Gasteiger partial charge in [0.05, 0.1) is 5.39 Å². The molecule has 7 nitrogen and oxygen atoms in total. The van der Waals surface area contributed by atoms with Crippen molar-refractivity contribution in [2.75, 3.05) is 18.9 Å². The van der Waals surface area contributed by atoms with Crippen molar-refractivity contribution in [3.8, 4) is 11.1 Å². The van der Waals surface area contributed by atoms with Crippen molar-refractivity contribution >= 4 is 33.5 Å². The van der Waals surface area contributed by atoms with Gasteiger partial charge in [-0.3, -0.25) is 4.79 Å². The van der Waals surface area contributed by atoms with Crippen LogP contribution in [-0.2, 0) is 4.74 Å². The van der Waals surface area contributed by atoms with Crippen LogP contribution in [0.2, 0.25) is 0 Å². The quantitative estimate of drug-likeness (QED) is 0.512. The summed E-state index contributed by atoms with van der Waals surface area (Å²) in [6.07, 6.45) is 7.72. The van der Waals surface area contributed by atoms with Crippen molar-refractivity contribution in [1.29, 1.82) is 0 Å². The highest BCUT2D eigenvalue weighted by atomic mass is 16.5. The number of amides is 1. The fraction of sp³-hybridized carbons (Fsp3) is 0.320. The van der Waals surface area contributed by atoms with Gasteiger partial charge >= 0.3 is 0 Å². The number of nitrogens with one attached hydrogen (secondary N) is 1. The molecule has 2 aromatic heterocycles. The lowest BCUT2D eigenvalue weighted by atomic mass is 9.98. The van der Waals surface area contributed by atoms with Gasteiger partial charge in [0.25, 0.3) is 5.91 Å². The van der Waals surface area contributed by atoms with Gasteiger partial charge in [-0.1, -0.05) is 24.3 Å². The van der Waals surface area contributed by atoms with E-state index in [9.17, 15) is 4.79 Å². The molecule has 2 aliphatic rings. The highest BCUT2D eigenvalue weighted by molar-refractivity contribution is 6.09. The van der Waals surface area contributed by atoms with Gasteiger partial charge in [-0.15, -0.1) is 0 Å². The number of benzene rings is 2. The van der Waals surface area contributed by atoms with Gasteiger partial charge in [-0.05, 0) is 54.2 Å². The van der Waals surface area contributed by atoms with E-state index < -0.39 is 0 Å². The van der Waals surface area contributed by atoms with Gasteiger partial charge in [0.2, 0.25) is 0 Å². The molecule has 1 aliphatic carbocycles. The molecule has 3 N–H and O–H groups in total. The largest absolute Gasteiger partial charge is 0.383 e. The monoisotopic (exact) mass is 427 g/mol. The van der Waals surface area contributed by atoms with Crippen LogP contribution < -0.4 is 11.1 Å². The van der Waals surface area contributed by atoms with Crippen molar-refractivity contribution in [3.05, 3.63) is 54.5 Å². The van der Waals surface area contributed by atoms with Gasteiger partial charge in [0.15, 0.2) is 0 Å². The standard InChI is InChI=1S/C25H25N5O2/c26-23-22-21(13-30(24(22)28-14-27-23)18-8-10-32-11-9-18)16-4-7-19-15(12-16)2-1-3-20(19)25(31)29-17-5-6-17/h1-4,7,12-14,17-18H,5-6,8-11H2,(H,29,31)(H2,26,27,28). The number of nitrogens with zero attached hydrogens (tertiary/aromatic N) is 3. The lowest BCUT2D eigenvalue weighted by molar-refractivity contribution is 0.0706. The minimum absolute atomic E-state index is 0.000357. The third-order valence-corrected chi connectivity index (χ3v) is 6.57. The van der Waals surface area contributed by atoms with Gasteiger partial charge in [-0.2, -0.15) is 0 Å².